The van der Waals surface area contributed by atoms with Crippen molar-refractivity contribution in [1.29, 1.82) is 0 Å². The molecule has 0 saturated heterocycles. The lowest BCUT2D eigenvalue weighted by atomic mass is 10.0. The molecule has 0 unspecified atom stereocenters. The lowest BCUT2D eigenvalue weighted by Crippen LogP contribution is -2.00. The van der Waals surface area contributed by atoms with E-state index in [9.17, 15) is 0 Å². The first kappa shape index (κ1) is 13.6. The largest absolute Gasteiger partial charge is 0.250 e. The second-order valence-electron chi connectivity index (χ2n) is 5.59. The Balaban J connectivity index is 1.97. The number of rotatable bonds is 3. The van der Waals surface area contributed by atoms with Crippen molar-refractivity contribution < 1.29 is 0 Å². The molecule has 3 aromatic rings. The summed E-state index contributed by atoms with van der Waals surface area (Å²) >= 11 is 0. The summed E-state index contributed by atoms with van der Waals surface area (Å²) in [6.07, 6.45) is 1.79. The summed E-state index contributed by atoms with van der Waals surface area (Å²) < 4.78 is 1.88. The van der Waals surface area contributed by atoms with Gasteiger partial charge in [-0.05, 0) is 38.0 Å². The van der Waals surface area contributed by atoms with Crippen LogP contribution in [0.15, 0.2) is 54.9 Å². The van der Waals surface area contributed by atoms with Gasteiger partial charge in [-0.25, -0.2) is 9.67 Å². The fourth-order valence-electron chi connectivity index (χ4n) is 2.24. The van der Waals surface area contributed by atoms with E-state index in [1.54, 1.807) is 6.33 Å². The molecule has 0 radical (unpaired) electrons. The highest BCUT2D eigenvalue weighted by Gasteiger charge is 2.07. The Kier molecular flexibility index (Phi) is 3.57. The standard InChI is InChI=1S/C18H19N3/c1-13(2)21-12-19-18(20-21)17-6-4-5-16(11-17)15-9-7-14(3)8-10-15/h4-13H,1-3H3. The highest BCUT2D eigenvalue weighted by atomic mass is 15.3. The topological polar surface area (TPSA) is 30.7 Å². The van der Waals surface area contributed by atoms with Crippen LogP contribution >= 0.6 is 0 Å². The van der Waals surface area contributed by atoms with Gasteiger partial charge in [0.15, 0.2) is 5.82 Å². The van der Waals surface area contributed by atoms with Crippen LogP contribution in [0.2, 0.25) is 0 Å². The third-order valence-corrected chi connectivity index (χ3v) is 3.54. The fraction of sp³-hybridized carbons (Fsp3) is 0.222. The molecule has 3 rings (SSSR count). The lowest BCUT2D eigenvalue weighted by molar-refractivity contribution is 0.532. The highest BCUT2D eigenvalue weighted by Crippen LogP contribution is 2.25. The average molecular weight is 277 g/mol. The van der Waals surface area contributed by atoms with Crippen LogP contribution in [0.1, 0.15) is 25.5 Å². The van der Waals surface area contributed by atoms with Crippen LogP contribution in [-0.2, 0) is 0 Å². The first-order valence-corrected chi connectivity index (χ1v) is 7.22. The summed E-state index contributed by atoms with van der Waals surface area (Å²) in [6, 6.07) is 17.3. The van der Waals surface area contributed by atoms with E-state index in [2.05, 4.69) is 79.4 Å². The number of nitrogens with zero attached hydrogens (tertiary/aromatic N) is 3. The quantitative estimate of drug-likeness (QED) is 0.705. The van der Waals surface area contributed by atoms with E-state index >= 15 is 0 Å². The molecule has 0 fully saturated rings. The summed E-state index contributed by atoms with van der Waals surface area (Å²) in [5.41, 5.74) is 4.72. The van der Waals surface area contributed by atoms with Crippen molar-refractivity contribution in [3.05, 3.63) is 60.4 Å². The molecule has 1 aromatic heterocycles. The minimum atomic E-state index is 0.325. The zero-order valence-electron chi connectivity index (χ0n) is 12.6. The third kappa shape index (κ3) is 2.87. The zero-order chi connectivity index (χ0) is 14.8. The molecule has 0 aliphatic rings. The summed E-state index contributed by atoms with van der Waals surface area (Å²) in [4.78, 5) is 4.41. The van der Waals surface area contributed by atoms with Crippen molar-refractivity contribution in [3.8, 4) is 22.5 Å². The van der Waals surface area contributed by atoms with Crippen LogP contribution in [-0.4, -0.2) is 14.8 Å². The van der Waals surface area contributed by atoms with Gasteiger partial charge < -0.3 is 0 Å². The Morgan fingerprint density at radius 3 is 2.29 bits per heavy atom. The van der Waals surface area contributed by atoms with E-state index in [4.69, 9.17) is 0 Å². The van der Waals surface area contributed by atoms with E-state index in [1.165, 1.54) is 16.7 Å². The summed E-state index contributed by atoms with van der Waals surface area (Å²) in [7, 11) is 0. The Morgan fingerprint density at radius 2 is 1.62 bits per heavy atom. The number of aryl methyl sites for hydroxylation is 1. The molecule has 3 heteroatoms. The monoisotopic (exact) mass is 277 g/mol. The summed E-state index contributed by atoms with van der Waals surface area (Å²) in [5.74, 6) is 0.776. The highest BCUT2D eigenvalue weighted by molar-refractivity contribution is 5.70. The van der Waals surface area contributed by atoms with Crippen molar-refractivity contribution in [2.75, 3.05) is 0 Å². The molecular formula is C18H19N3. The van der Waals surface area contributed by atoms with Gasteiger partial charge in [-0.1, -0.05) is 48.0 Å². The maximum atomic E-state index is 4.53. The predicted octanol–water partition coefficient (Wildman–Crippen LogP) is 4.50. The minimum Gasteiger partial charge on any atom is -0.250 e. The maximum absolute atomic E-state index is 4.53. The molecule has 0 bridgehead atoms. The molecule has 2 aromatic carbocycles. The molecule has 106 valence electrons. The molecule has 0 N–H and O–H groups in total. The molecule has 0 aliphatic carbocycles. The van der Waals surface area contributed by atoms with E-state index in [0.29, 0.717) is 6.04 Å². The molecule has 1 heterocycles. The number of aromatic nitrogens is 3. The zero-order valence-corrected chi connectivity index (χ0v) is 12.6. The smallest absolute Gasteiger partial charge is 0.181 e. The number of hydrogen-bond donors (Lipinski definition) is 0. The van der Waals surface area contributed by atoms with Crippen LogP contribution in [0.5, 0.6) is 0 Å². The van der Waals surface area contributed by atoms with Gasteiger partial charge in [-0.15, -0.1) is 0 Å². The lowest BCUT2D eigenvalue weighted by Gasteiger charge is -2.05. The van der Waals surface area contributed by atoms with Gasteiger partial charge in [-0.3, -0.25) is 0 Å². The van der Waals surface area contributed by atoms with Crippen LogP contribution in [0.4, 0.5) is 0 Å². The molecule has 0 aliphatic heterocycles. The van der Waals surface area contributed by atoms with E-state index in [1.807, 2.05) is 4.68 Å². The number of hydrogen-bond acceptors (Lipinski definition) is 2. The van der Waals surface area contributed by atoms with Crippen LogP contribution < -0.4 is 0 Å². The van der Waals surface area contributed by atoms with E-state index in [0.717, 1.165) is 11.4 Å². The molecule has 3 nitrogen and oxygen atoms in total. The summed E-state index contributed by atoms with van der Waals surface area (Å²) in [5, 5.41) is 4.53. The van der Waals surface area contributed by atoms with Gasteiger partial charge in [0.05, 0.1) is 0 Å². The first-order chi connectivity index (χ1) is 10.1. The van der Waals surface area contributed by atoms with Crippen LogP contribution in [0.3, 0.4) is 0 Å². The molecule has 0 atom stereocenters. The van der Waals surface area contributed by atoms with Gasteiger partial charge >= 0.3 is 0 Å². The molecule has 21 heavy (non-hydrogen) atoms. The van der Waals surface area contributed by atoms with Crippen LogP contribution in [0.25, 0.3) is 22.5 Å². The minimum absolute atomic E-state index is 0.325. The van der Waals surface area contributed by atoms with Crippen molar-refractivity contribution in [1.82, 2.24) is 14.8 Å². The normalized spacial score (nSPS) is 11.0. The predicted molar refractivity (Wildman–Crippen MR) is 86.0 cm³/mol. The van der Waals surface area contributed by atoms with Gasteiger partial charge in [0.1, 0.15) is 6.33 Å². The van der Waals surface area contributed by atoms with Gasteiger partial charge in [0.2, 0.25) is 0 Å². The number of benzene rings is 2. The second-order valence-corrected chi connectivity index (χ2v) is 5.59. The van der Waals surface area contributed by atoms with E-state index < -0.39 is 0 Å². The van der Waals surface area contributed by atoms with Crippen molar-refractivity contribution in [3.63, 3.8) is 0 Å². The average Bonchev–Trinajstić information content (AvgIpc) is 2.98. The Hall–Kier alpha value is -2.42. The molecular weight excluding hydrogens is 258 g/mol. The Bertz CT molecular complexity index is 739. The van der Waals surface area contributed by atoms with Gasteiger partial charge in [0, 0.05) is 11.6 Å². The Labute approximate surface area is 125 Å². The Morgan fingerprint density at radius 1 is 0.905 bits per heavy atom. The van der Waals surface area contributed by atoms with Crippen molar-refractivity contribution in [2.24, 2.45) is 0 Å². The fourth-order valence-corrected chi connectivity index (χ4v) is 2.24. The van der Waals surface area contributed by atoms with Gasteiger partial charge in [0.25, 0.3) is 0 Å². The molecule has 0 spiro atoms. The molecule has 0 saturated carbocycles. The maximum Gasteiger partial charge on any atom is 0.181 e. The van der Waals surface area contributed by atoms with Crippen molar-refractivity contribution in [2.45, 2.75) is 26.8 Å². The SMILES string of the molecule is Cc1ccc(-c2cccc(-c3ncn(C(C)C)n3)c2)cc1. The molecule has 0 amide bonds. The first-order valence-electron chi connectivity index (χ1n) is 7.22. The van der Waals surface area contributed by atoms with Crippen molar-refractivity contribution >= 4 is 0 Å². The van der Waals surface area contributed by atoms with Crippen LogP contribution in [0, 0.1) is 6.92 Å². The van der Waals surface area contributed by atoms with E-state index in [-0.39, 0.29) is 0 Å². The summed E-state index contributed by atoms with van der Waals surface area (Å²) in [6.45, 7) is 6.30. The second kappa shape index (κ2) is 5.52. The third-order valence-electron chi connectivity index (χ3n) is 3.54. The van der Waals surface area contributed by atoms with Gasteiger partial charge in [-0.2, -0.15) is 5.10 Å².